The molecule has 8 heteroatoms. The van der Waals surface area contributed by atoms with Gasteiger partial charge in [-0.15, -0.1) is 0 Å². The molecule has 0 spiro atoms. The average molecular weight is 410 g/mol. The van der Waals surface area contributed by atoms with Crippen LogP contribution in [0.15, 0.2) is 36.4 Å². The maximum atomic E-state index is 11.8. The largest absolute Gasteiger partial charge is 0.508 e. The van der Waals surface area contributed by atoms with Crippen LogP contribution >= 0.6 is 0 Å². The van der Waals surface area contributed by atoms with E-state index in [1.807, 2.05) is 0 Å². The van der Waals surface area contributed by atoms with E-state index < -0.39 is 20.7 Å². The van der Waals surface area contributed by atoms with E-state index in [2.05, 4.69) is 0 Å². The van der Waals surface area contributed by atoms with Gasteiger partial charge in [0.25, 0.3) is 11.4 Å². The Labute approximate surface area is 172 Å². The van der Waals surface area contributed by atoms with E-state index in [0.29, 0.717) is 29.4 Å². The molecule has 0 atom stereocenters. The maximum absolute atomic E-state index is 11.8. The number of benzene rings is 2. The molecule has 0 amide bonds. The lowest BCUT2D eigenvalue weighted by atomic mass is 9.41. The van der Waals surface area contributed by atoms with Crippen molar-refractivity contribution in [2.45, 2.75) is 49.4 Å². The molecule has 0 aliphatic heterocycles. The number of hydrogen-bond donors (Lipinski definition) is 2. The van der Waals surface area contributed by atoms with Gasteiger partial charge in [0.1, 0.15) is 11.5 Å². The summed E-state index contributed by atoms with van der Waals surface area (Å²) >= 11 is 0. The third kappa shape index (κ3) is 2.66. The summed E-state index contributed by atoms with van der Waals surface area (Å²) in [5.41, 5.74) is 0.0444. The van der Waals surface area contributed by atoms with Crippen LogP contribution in [0.1, 0.15) is 49.7 Å². The van der Waals surface area contributed by atoms with Crippen molar-refractivity contribution >= 4 is 11.4 Å². The number of nitro benzene ring substituents is 2. The molecule has 8 nitrogen and oxygen atoms in total. The lowest BCUT2D eigenvalue weighted by Gasteiger charge is -2.62. The predicted octanol–water partition coefficient (Wildman–Crippen LogP) is 4.70. The van der Waals surface area contributed by atoms with Gasteiger partial charge in [0.2, 0.25) is 0 Å². The molecule has 156 valence electrons. The molecule has 4 saturated carbocycles. The summed E-state index contributed by atoms with van der Waals surface area (Å²) in [6.07, 6.45) is 4.68. The molecule has 0 heterocycles. The van der Waals surface area contributed by atoms with E-state index in [0.717, 1.165) is 32.1 Å². The summed E-state index contributed by atoms with van der Waals surface area (Å²) in [4.78, 5) is 22.7. The molecule has 30 heavy (non-hydrogen) atoms. The molecule has 2 N–H and O–H groups in total. The Kier molecular flexibility index (Phi) is 3.87. The average Bonchev–Trinajstić information content (AvgIpc) is 2.66. The van der Waals surface area contributed by atoms with Crippen molar-refractivity contribution in [1.29, 1.82) is 0 Å². The number of rotatable bonds is 4. The summed E-state index contributed by atoms with van der Waals surface area (Å²) in [6, 6.07) is 8.39. The molecule has 0 saturated heterocycles. The smallest absolute Gasteiger partial charge is 0.273 e. The Morgan fingerprint density at radius 2 is 1.17 bits per heavy atom. The second kappa shape index (κ2) is 6.17. The summed E-state index contributed by atoms with van der Waals surface area (Å²) in [6.45, 7) is 0. The number of phenols is 2. The van der Waals surface area contributed by atoms with Crippen molar-refractivity contribution in [3.8, 4) is 11.5 Å². The van der Waals surface area contributed by atoms with Gasteiger partial charge < -0.3 is 10.2 Å². The van der Waals surface area contributed by atoms with Crippen LogP contribution in [0.3, 0.4) is 0 Å². The van der Waals surface area contributed by atoms with E-state index >= 15 is 0 Å². The molecule has 2 aromatic rings. The van der Waals surface area contributed by atoms with Crippen LogP contribution in [0, 0.1) is 32.1 Å². The van der Waals surface area contributed by atoms with E-state index in [4.69, 9.17) is 0 Å². The Balaban J connectivity index is 1.70. The van der Waals surface area contributed by atoms with E-state index in [1.54, 1.807) is 0 Å². The van der Waals surface area contributed by atoms with Crippen molar-refractivity contribution in [1.82, 2.24) is 0 Å². The number of nitro groups is 2. The summed E-state index contributed by atoms with van der Waals surface area (Å²) in [5.74, 6) is 0.581. The van der Waals surface area contributed by atoms with Crippen LogP contribution in [-0.2, 0) is 10.8 Å². The zero-order valence-corrected chi connectivity index (χ0v) is 16.3. The van der Waals surface area contributed by atoms with Gasteiger partial charge in [-0.1, -0.05) is 0 Å². The number of hydrogen-bond acceptors (Lipinski definition) is 6. The van der Waals surface area contributed by atoms with Gasteiger partial charge in [-0.25, -0.2) is 0 Å². The molecule has 4 fully saturated rings. The van der Waals surface area contributed by atoms with Crippen LogP contribution in [0.2, 0.25) is 0 Å². The standard InChI is InChI=1S/C22H22N2O6/c25-15-1-3-19(23(27)28)17(6-15)21-8-13-5-14(9-21)11-22(10-13,12-21)18-7-16(26)2-4-20(18)24(29)30/h1-4,6-7,13-14,25-26H,5,8-12H2. The summed E-state index contributed by atoms with van der Waals surface area (Å²) < 4.78 is 0. The fraction of sp³-hybridized carbons (Fsp3) is 0.455. The molecule has 0 aromatic heterocycles. The lowest BCUT2D eigenvalue weighted by molar-refractivity contribution is -0.386. The first-order valence-corrected chi connectivity index (χ1v) is 10.2. The minimum absolute atomic E-state index is 0.00434. The molecule has 4 aliphatic carbocycles. The second-order valence-electron chi connectivity index (χ2n) is 9.44. The quantitative estimate of drug-likeness (QED) is 0.555. The fourth-order valence-electron chi connectivity index (χ4n) is 7.11. The van der Waals surface area contributed by atoms with Gasteiger partial charge in [0.05, 0.1) is 9.85 Å². The third-order valence-corrected chi connectivity index (χ3v) is 7.56. The van der Waals surface area contributed by atoms with Crippen LogP contribution in [0.5, 0.6) is 11.5 Å². The molecule has 0 unspecified atom stereocenters. The predicted molar refractivity (Wildman–Crippen MR) is 108 cm³/mol. The highest BCUT2D eigenvalue weighted by molar-refractivity contribution is 5.55. The Morgan fingerprint density at radius 1 is 0.767 bits per heavy atom. The number of aromatic hydroxyl groups is 2. The zero-order chi connectivity index (χ0) is 21.3. The Hall–Kier alpha value is -3.16. The van der Waals surface area contributed by atoms with Crippen LogP contribution in [0.25, 0.3) is 0 Å². The highest BCUT2D eigenvalue weighted by atomic mass is 16.6. The van der Waals surface area contributed by atoms with Crippen molar-refractivity contribution in [3.63, 3.8) is 0 Å². The number of nitrogens with zero attached hydrogens (tertiary/aromatic N) is 2. The van der Waals surface area contributed by atoms with Gasteiger partial charge in [-0.05, 0) is 74.6 Å². The van der Waals surface area contributed by atoms with Gasteiger partial charge in [0, 0.05) is 34.1 Å². The third-order valence-electron chi connectivity index (χ3n) is 7.56. The highest BCUT2D eigenvalue weighted by Crippen LogP contribution is 2.68. The van der Waals surface area contributed by atoms with E-state index in [-0.39, 0.29) is 22.9 Å². The molecule has 6 rings (SSSR count). The van der Waals surface area contributed by atoms with Crippen molar-refractivity contribution in [2.75, 3.05) is 0 Å². The Bertz CT molecular complexity index is 986. The van der Waals surface area contributed by atoms with Gasteiger partial charge in [-0.3, -0.25) is 20.2 Å². The fourth-order valence-corrected chi connectivity index (χ4v) is 7.11. The van der Waals surface area contributed by atoms with E-state index in [9.17, 15) is 30.4 Å². The first-order valence-electron chi connectivity index (χ1n) is 10.2. The lowest BCUT2D eigenvalue weighted by Crippen LogP contribution is -2.56. The first-order chi connectivity index (χ1) is 14.2. The van der Waals surface area contributed by atoms with Gasteiger partial charge >= 0.3 is 0 Å². The van der Waals surface area contributed by atoms with Gasteiger partial charge in [-0.2, -0.15) is 0 Å². The Morgan fingerprint density at radius 3 is 1.53 bits per heavy atom. The molecule has 4 bridgehead atoms. The van der Waals surface area contributed by atoms with Crippen LogP contribution in [0.4, 0.5) is 11.4 Å². The highest BCUT2D eigenvalue weighted by Gasteiger charge is 2.61. The summed E-state index contributed by atoms with van der Waals surface area (Å²) in [5, 5.41) is 43.8. The van der Waals surface area contributed by atoms with Crippen LogP contribution < -0.4 is 0 Å². The van der Waals surface area contributed by atoms with Gasteiger partial charge in [0.15, 0.2) is 0 Å². The normalized spacial score (nSPS) is 31.6. The van der Waals surface area contributed by atoms with Crippen LogP contribution in [-0.4, -0.2) is 20.1 Å². The molecule has 0 radical (unpaired) electrons. The monoisotopic (exact) mass is 410 g/mol. The number of phenolic OH excluding ortho intramolecular Hbond substituents is 2. The zero-order valence-electron chi connectivity index (χ0n) is 16.3. The molecule has 4 aliphatic rings. The SMILES string of the molecule is O=[N+]([O-])c1ccc(O)cc1C12CC3CC(C1)CC(c1cc(O)ccc1[N+](=O)[O-])(C3)C2. The van der Waals surface area contributed by atoms with Crippen molar-refractivity contribution < 1.29 is 20.1 Å². The molecular weight excluding hydrogens is 388 g/mol. The second-order valence-corrected chi connectivity index (χ2v) is 9.44. The molecule has 2 aromatic carbocycles. The van der Waals surface area contributed by atoms with Crippen molar-refractivity contribution in [3.05, 3.63) is 67.8 Å². The van der Waals surface area contributed by atoms with E-state index in [1.165, 1.54) is 36.4 Å². The first kappa shape index (κ1) is 18.8. The topological polar surface area (TPSA) is 127 Å². The minimum atomic E-state index is -0.509. The van der Waals surface area contributed by atoms with Crippen molar-refractivity contribution in [2.24, 2.45) is 11.8 Å². The molecular formula is C22H22N2O6. The maximum Gasteiger partial charge on any atom is 0.273 e. The summed E-state index contributed by atoms with van der Waals surface area (Å²) in [7, 11) is 0. The minimum Gasteiger partial charge on any atom is -0.508 e.